The fourth-order valence-electron chi connectivity index (χ4n) is 1.45. The maximum absolute atomic E-state index is 12.3. The molecule has 1 aromatic rings. The summed E-state index contributed by atoms with van der Waals surface area (Å²) >= 11 is 0. The van der Waals surface area contributed by atoms with Crippen LogP contribution >= 0.6 is 0 Å². The molecule has 16 heavy (non-hydrogen) atoms. The SMILES string of the molecule is CCC(=O)C(C)c1ccc(C(F)(F)F)cc1. The van der Waals surface area contributed by atoms with Gasteiger partial charge in [0.1, 0.15) is 5.78 Å². The molecule has 1 atom stereocenters. The topological polar surface area (TPSA) is 17.1 Å². The van der Waals surface area contributed by atoms with E-state index in [1.165, 1.54) is 12.1 Å². The fraction of sp³-hybridized carbons (Fsp3) is 0.417. The van der Waals surface area contributed by atoms with E-state index in [4.69, 9.17) is 0 Å². The molecule has 1 aromatic carbocycles. The molecule has 88 valence electrons. The number of carbonyl (C=O) groups is 1. The number of alkyl halides is 3. The fourth-order valence-corrected chi connectivity index (χ4v) is 1.45. The van der Waals surface area contributed by atoms with E-state index in [0.717, 1.165) is 12.1 Å². The smallest absolute Gasteiger partial charge is 0.299 e. The van der Waals surface area contributed by atoms with Gasteiger partial charge in [-0.25, -0.2) is 0 Å². The van der Waals surface area contributed by atoms with Crippen molar-refractivity contribution in [2.45, 2.75) is 32.4 Å². The van der Waals surface area contributed by atoms with E-state index < -0.39 is 11.7 Å². The molecule has 1 rings (SSSR count). The predicted molar refractivity (Wildman–Crippen MR) is 55.2 cm³/mol. The highest BCUT2D eigenvalue weighted by Gasteiger charge is 2.30. The standard InChI is InChI=1S/C12H13F3O/c1-3-11(16)8(2)9-4-6-10(7-5-9)12(13,14)15/h4-8H,3H2,1-2H3. The lowest BCUT2D eigenvalue weighted by molar-refractivity contribution is -0.137. The van der Waals surface area contributed by atoms with E-state index in [1.54, 1.807) is 13.8 Å². The van der Waals surface area contributed by atoms with Crippen LogP contribution < -0.4 is 0 Å². The molecule has 0 aliphatic rings. The van der Waals surface area contributed by atoms with E-state index in [2.05, 4.69) is 0 Å². The quantitative estimate of drug-likeness (QED) is 0.772. The van der Waals surface area contributed by atoms with Gasteiger partial charge in [0.2, 0.25) is 0 Å². The molecule has 0 saturated carbocycles. The Morgan fingerprint density at radius 2 is 1.75 bits per heavy atom. The van der Waals surface area contributed by atoms with Gasteiger partial charge < -0.3 is 0 Å². The van der Waals surface area contributed by atoms with Gasteiger partial charge in [0, 0.05) is 12.3 Å². The first-order valence-electron chi connectivity index (χ1n) is 5.06. The van der Waals surface area contributed by atoms with Crippen LogP contribution in [0.2, 0.25) is 0 Å². The Morgan fingerprint density at radius 3 is 2.12 bits per heavy atom. The van der Waals surface area contributed by atoms with Crippen LogP contribution in [0.1, 0.15) is 37.3 Å². The van der Waals surface area contributed by atoms with Gasteiger partial charge in [0.15, 0.2) is 0 Å². The summed E-state index contributed by atoms with van der Waals surface area (Å²) in [6, 6.07) is 4.74. The molecule has 4 heteroatoms. The lowest BCUT2D eigenvalue weighted by atomic mass is 9.94. The minimum atomic E-state index is -4.32. The molecule has 0 aliphatic carbocycles. The van der Waals surface area contributed by atoms with Gasteiger partial charge in [-0.2, -0.15) is 13.2 Å². The minimum absolute atomic E-state index is 0.0276. The number of carbonyl (C=O) groups excluding carboxylic acids is 1. The summed E-state index contributed by atoms with van der Waals surface area (Å²) in [5.74, 6) is -0.313. The second-order valence-corrected chi connectivity index (χ2v) is 3.66. The Kier molecular flexibility index (Phi) is 3.73. The van der Waals surface area contributed by atoms with Crippen LogP contribution in [-0.4, -0.2) is 5.78 Å². The van der Waals surface area contributed by atoms with E-state index >= 15 is 0 Å². The number of halogens is 3. The van der Waals surface area contributed by atoms with E-state index in [1.807, 2.05) is 0 Å². The number of Topliss-reactive ketones (excluding diaryl/α,β-unsaturated/α-hetero) is 1. The molecule has 1 nitrogen and oxygen atoms in total. The molecule has 0 aliphatic heterocycles. The van der Waals surface area contributed by atoms with E-state index in [0.29, 0.717) is 12.0 Å². The molecule has 0 N–H and O–H groups in total. The molecule has 0 amide bonds. The lowest BCUT2D eigenvalue weighted by Crippen LogP contribution is -2.09. The third kappa shape index (κ3) is 2.84. The number of rotatable bonds is 3. The summed E-state index contributed by atoms with van der Waals surface area (Å²) in [6.45, 7) is 3.44. The Balaban J connectivity index is 2.91. The monoisotopic (exact) mass is 230 g/mol. The van der Waals surface area contributed by atoms with E-state index in [-0.39, 0.29) is 11.7 Å². The predicted octanol–water partition coefficient (Wildman–Crippen LogP) is 3.79. The van der Waals surface area contributed by atoms with E-state index in [9.17, 15) is 18.0 Å². The summed E-state index contributed by atoms with van der Waals surface area (Å²) in [5, 5.41) is 0. The average molecular weight is 230 g/mol. The summed E-state index contributed by atoms with van der Waals surface area (Å²) < 4.78 is 36.8. The second-order valence-electron chi connectivity index (χ2n) is 3.66. The second kappa shape index (κ2) is 4.68. The van der Waals surface area contributed by atoms with Gasteiger partial charge in [-0.05, 0) is 17.7 Å². The van der Waals surface area contributed by atoms with Gasteiger partial charge in [-0.3, -0.25) is 4.79 Å². The largest absolute Gasteiger partial charge is 0.416 e. The van der Waals surface area contributed by atoms with Crippen LogP contribution in [0.5, 0.6) is 0 Å². The third-order valence-electron chi connectivity index (χ3n) is 2.57. The van der Waals surface area contributed by atoms with Crippen molar-refractivity contribution in [2.75, 3.05) is 0 Å². The van der Waals surface area contributed by atoms with Crippen molar-refractivity contribution in [3.05, 3.63) is 35.4 Å². The lowest BCUT2D eigenvalue weighted by Gasteiger charge is -2.11. The molecule has 0 aromatic heterocycles. The zero-order valence-corrected chi connectivity index (χ0v) is 9.14. The van der Waals surface area contributed by atoms with Crippen molar-refractivity contribution in [1.29, 1.82) is 0 Å². The molecule has 0 fully saturated rings. The minimum Gasteiger partial charge on any atom is -0.299 e. The zero-order chi connectivity index (χ0) is 12.3. The Morgan fingerprint density at radius 1 is 1.25 bits per heavy atom. The van der Waals surface area contributed by atoms with Crippen molar-refractivity contribution in [3.8, 4) is 0 Å². The number of benzene rings is 1. The van der Waals surface area contributed by atoms with Crippen LogP contribution in [0.3, 0.4) is 0 Å². The Hall–Kier alpha value is -1.32. The van der Waals surface area contributed by atoms with Crippen molar-refractivity contribution < 1.29 is 18.0 Å². The van der Waals surface area contributed by atoms with Gasteiger partial charge >= 0.3 is 6.18 Å². The molecule has 0 spiro atoms. The molecule has 0 heterocycles. The van der Waals surface area contributed by atoms with Crippen molar-refractivity contribution in [2.24, 2.45) is 0 Å². The van der Waals surface area contributed by atoms with Crippen LogP contribution in [0.25, 0.3) is 0 Å². The molecular weight excluding hydrogens is 217 g/mol. The maximum atomic E-state index is 12.3. The van der Waals surface area contributed by atoms with Crippen LogP contribution in [0.4, 0.5) is 13.2 Å². The highest BCUT2D eigenvalue weighted by molar-refractivity contribution is 5.85. The molecule has 0 radical (unpaired) electrons. The third-order valence-corrected chi connectivity index (χ3v) is 2.57. The van der Waals surface area contributed by atoms with Gasteiger partial charge in [0.05, 0.1) is 5.56 Å². The average Bonchev–Trinajstić information content (AvgIpc) is 2.26. The first kappa shape index (κ1) is 12.7. The van der Waals surface area contributed by atoms with Gasteiger partial charge in [-0.1, -0.05) is 26.0 Å². The first-order valence-corrected chi connectivity index (χ1v) is 5.06. The molecule has 1 unspecified atom stereocenters. The summed E-state index contributed by atoms with van der Waals surface area (Å²) in [6.07, 6.45) is -3.93. The van der Waals surface area contributed by atoms with Crippen molar-refractivity contribution >= 4 is 5.78 Å². The number of hydrogen-bond donors (Lipinski definition) is 0. The van der Waals surface area contributed by atoms with Crippen LogP contribution in [-0.2, 0) is 11.0 Å². The normalized spacial score (nSPS) is 13.6. The molecule has 0 saturated heterocycles. The molecule has 0 bridgehead atoms. The summed E-state index contributed by atoms with van der Waals surface area (Å²) in [4.78, 5) is 11.4. The molecular formula is C12H13F3O. The van der Waals surface area contributed by atoms with Crippen molar-refractivity contribution in [3.63, 3.8) is 0 Å². The highest BCUT2D eigenvalue weighted by Crippen LogP contribution is 2.30. The van der Waals surface area contributed by atoms with Gasteiger partial charge in [-0.15, -0.1) is 0 Å². The van der Waals surface area contributed by atoms with Crippen LogP contribution in [0, 0.1) is 0 Å². The van der Waals surface area contributed by atoms with Gasteiger partial charge in [0.25, 0.3) is 0 Å². The Labute approximate surface area is 92.3 Å². The Bertz CT molecular complexity index is 365. The highest BCUT2D eigenvalue weighted by atomic mass is 19.4. The summed E-state index contributed by atoms with van der Waals surface area (Å²) in [5.41, 5.74) is -0.0627. The maximum Gasteiger partial charge on any atom is 0.416 e. The number of hydrogen-bond acceptors (Lipinski definition) is 1. The first-order chi connectivity index (χ1) is 7.36. The van der Waals surface area contributed by atoms with Crippen molar-refractivity contribution in [1.82, 2.24) is 0 Å². The number of ketones is 1. The van der Waals surface area contributed by atoms with Crippen LogP contribution in [0.15, 0.2) is 24.3 Å². The summed E-state index contributed by atoms with van der Waals surface area (Å²) in [7, 11) is 0. The zero-order valence-electron chi connectivity index (χ0n) is 9.14.